The summed E-state index contributed by atoms with van der Waals surface area (Å²) in [5, 5.41) is 0.640. The fraction of sp³-hybridized carbons (Fsp3) is 0.286. The average Bonchev–Trinajstić information content (AvgIpc) is 3.15. The van der Waals surface area contributed by atoms with Gasteiger partial charge in [-0.1, -0.05) is 36.2 Å². The molecule has 0 saturated heterocycles. The van der Waals surface area contributed by atoms with Crippen molar-refractivity contribution in [3.05, 3.63) is 87.7 Å². The number of hydrogen-bond donors (Lipinski definition) is 0. The summed E-state index contributed by atoms with van der Waals surface area (Å²) in [5.74, 6) is 1.59. The van der Waals surface area contributed by atoms with Crippen molar-refractivity contribution in [2.24, 2.45) is 0 Å². The summed E-state index contributed by atoms with van der Waals surface area (Å²) < 4.78 is 7.41. The number of fused-ring (bicyclic) bond motifs is 1. The van der Waals surface area contributed by atoms with Crippen LogP contribution in [0.4, 0.5) is 0 Å². The number of aryl methyl sites for hydroxylation is 3. The standard InChI is InChI=1S/C28H30ClN3O2/c1-6-13-31(28(33)27-19(3)14-18(2)15-20(27)4)17-26-30-24-12-7-21(29)16-25(24)32(26)22-8-10-23(34-5)11-9-22/h7-12,14-16H,6,13,17H2,1-5H3. The number of methoxy groups -OCH3 is 1. The van der Waals surface area contributed by atoms with E-state index >= 15 is 0 Å². The van der Waals surface area contributed by atoms with Crippen LogP contribution in [0, 0.1) is 20.8 Å². The van der Waals surface area contributed by atoms with Gasteiger partial charge in [-0.15, -0.1) is 0 Å². The van der Waals surface area contributed by atoms with Gasteiger partial charge in [0.1, 0.15) is 11.6 Å². The van der Waals surface area contributed by atoms with Gasteiger partial charge < -0.3 is 9.64 Å². The third kappa shape index (κ3) is 4.66. The Bertz CT molecular complexity index is 1320. The van der Waals surface area contributed by atoms with Crippen molar-refractivity contribution in [3.8, 4) is 11.4 Å². The fourth-order valence-electron chi connectivity index (χ4n) is 4.59. The van der Waals surface area contributed by atoms with Gasteiger partial charge in [0.25, 0.3) is 5.91 Å². The highest BCUT2D eigenvalue weighted by Crippen LogP contribution is 2.27. The van der Waals surface area contributed by atoms with Gasteiger partial charge in [0.05, 0.1) is 24.7 Å². The molecule has 0 fully saturated rings. The number of imidazole rings is 1. The maximum absolute atomic E-state index is 13.7. The lowest BCUT2D eigenvalue weighted by Crippen LogP contribution is -2.33. The average molecular weight is 476 g/mol. The van der Waals surface area contributed by atoms with Gasteiger partial charge in [0.2, 0.25) is 0 Å². The van der Waals surface area contributed by atoms with Crippen LogP contribution in [-0.4, -0.2) is 34.0 Å². The monoisotopic (exact) mass is 475 g/mol. The predicted molar refractivity (Wildman–Crippen MR) is 138 cm³/mol. The zero-order valence-electron chi connectivity index (χ0n) is 20.4. The molecule has 0 aliphatic heterocycles. The lowest BCUT2D eigenvalue weighted by atomic mass is 9.98. The molecule has 1 aromatic heterocycles. The molecule has 0 spiro atoms. The van der Waals surface area contributed by atoms with Gasteiger partial charge in [0.15, 0.2) is 0 Å². The zero-order valence-corrected chi connectivity index (χ0v) is 21.1. The first kappa shape index (κ1) is 23.8. The van der Waals surface area contributed by atoms with E-state index in [-0.39, 0.29) is 5.91 Å². The van der Waals surface area contributed by atoms with Crippen LogP contribution in [0.25, 0.3) is 16.7 Å². The minimum atomic E-state index is 0.0308. The van der Waals surface area contributed by atoms with Gasteiger partial charge in [-0.05, 0) is 80.8 Å². The predicted octanol–water partition coefficient (Wildman–Crippen LogP) is 6.67. The number of hydrogen-bond acceptors (Lipinski definition) is 3. The number of nitrogens with zero attached hydrogens (tertiary/aromatic N) is 3. The minimum Gasteiger partial charge on any atom is -0.497 e. The van der Waals surface area contributed by atoms with Gasteiger partial charge in [0, 0.05) is 22.8 Å². The normalized spacial score (nSPS) is 11.1. The third-order valence-corrected chi connectivity index (χ3v) is 6.26. The Labute approximate surface area is 205 Å². The van der Waals surface area contributed by atoms with E-state index in [0.717, 1.165) is 57.0 Å². The summed E-state index contributed by atoms with van der Waals surface area (Å²) in [6.07, 6.45) is 0.851. The molecular weight excluding hydrogens is 446 g/mol. The van der Waals surface area contributed by atoms with Crippen LogP contribution < -0.4 is 4.74 Å². The molecule has 4 rings (SSSR count). The van der Waals surface area contributed by atoms with Crippen LogP contribution in [0.1, 0.15) is 46.2 Å². The molecule has 5 nitrogen and oxygen atoms in total. The van der Waals surface area contributed by atoms with E-state index < -0.39 is 0 Å². The van der Waals surface area contributed by atoms with E-state index in [4.69, 9.17) is 21.3 Å². The molecule has 0 aliphatic rings. The second-order valence-corrected chi connectivity index (χ2v) is 9.13. The Morgan fingerprint density at radius 3 is 2.32 bits per heavy atom. The Hall–Kier alpha value is -3.31. The molecule has 0 saturated carbocycles. The third-order valence-electron chi connectivity index (χ3n) is 6.02. The SMILES string of the molecule is CCCN(Cc1nc2ccc(Cl)cc2n1-c1ccc(OC)cc1)C(=O)c1c(C)cc(C)cc1C. The maximum atomic E-state index is 13.7. The summed E-state index contributed by atoms with van der Waals surface area (Å²) in [6.45, 7) is 9.18. The molecule has 0 unspecified atom stereocenters. The van der Waals surface area contributed by atoms with Crippen molar-refractivity contribution in [1.82, 2.24) is 14.5 Å². The number of benzene rings is 3. The van der Waals surface area contributed by atoms with Crippen LogP contribution in [0.5, 0.6) is 5.75 Å². The largest absolute Gasteiger partial charge is 0.497 e. The van der Waals surface area contributed by atoms with E-state index in [1.807, 2.05) is 61.2 Å². The molecule has 0 aliphatic carbocycles. The molecule has 0 radical (unpaired) electrons. The molecular formula is C28H30ClN3O2. The highest BCUT2D eigenvalue weighted by atomic mass is 35.5. The van der Waals surface area contributed by atoms with E-state index in [2.05, 4.69) is 30.5 Å². The smallest absolute Gasteiger partial charge is 0.254 e. The molecule has 4 aromatic rings. The van der Waals surface area contributed by atoms with Crippen molar-refractivity contribution < 1.29 is 9.53 Å². The van der Waals surface area contributed by atoms with Crippen LogP contribution in [0.3, 0.4) is 0 Å². The molecule has 3 aromatic carbocycles. The van der Waals surface area contributed by atoms with Gasteiger partial charge in [-0.2, -0.15) is 0 Å². The zero-order chi connectivity index (χ0) is 24.4. The summed E-state index contributed by atoms with van der Waals surface area (Å²) in [5.41, 5.74) is 6.60. The van der Waals surface area contributed by atoms with Crippen LogP contribution in [0.15, 0.2) is 54.6 Å². The van der Waals surface area contributed by atoms with Crippen molar-refractivity contribution in [1.29, 1.82) is 0 Å². The molecule has 0 bridgehead atoms. The first-order valence-electron chi connectivity index (χ1n) is 11.5. The van der Waals surface area contributed by atoms with Gasteiger partial charge in [-0.3, -0.25) is 9.36 Å². The number of halogens is 1. The summed E-state index contributed by atoms with van der Waals surface area (Å²) in [4.78, 5) is 20.5. The van der Waals surface area contributed by atoms with Crippen LogP contribution in [0.2, 0.25) is 5.02 Å². The van der Waals surface area contributed by atoms with Crippen molar-refractivity contribution in [2.45, 2.75) is 40.7 Å². The number of amides is 1. The summed E-state index contributed by atoms with van der Waals surface area (Å²) in [7, 11) is 1.65. The lowest BCUT2D eigenvalue weighted by Gasteiger charge is -2.24. The number of carbonyl (C=O) groups excluding carboxylic acids is 1. The maximum Gasteiger partial charge on any atom is 0.254 e. The topological polar surface area (TPSA) is 47.4 Å². The molecule has 0 atom stereocenters. The molecule has 1 heterocycles. The minimum absolute atomic E-state index is 0.0308. The number of ether oxygens (including phenoxy) is 1. The van der Waals surface area contributed by atoms with Gasteiger partial charge in [-0.25, -0.2) is 4.98 Å². The second kappa shape index (κ2) is 9.90. The fourth-order valence-corrected chi connectivity index (χ4v) is 4.76. The molecule has 34 heavy (non-hydrogen) atoms. The quantitative estimate of drug-likeness (QED) is 0.300. The molecule has 1 amide bonds. The Morgan fingerprint density at radius 2 is 1.71 bits per heavy atom. The first-order chi connectivity index (χ1) is 16.3. The molecule has 0 N–H and O–H groups in total. The van der Waals surface area contributed by atoms with E-state index in [9.17, 15) is 4.79 Å². The van der Waals surface area contributed by atoms with Crippen molar-refractivity contribution >= 4 is 28.5 Å². The molecule has 6 heteroatoms. The second-order valence-electron chi connectivity index (χ2n) is 8.69. The highest BCUT2D eigenvalue weighted by molar-refractivity contribution is 6.31. The Kier molecular flexibility index (Phi) is 6.94. The van der Waals surface area contributed by atoms with Crippen molar-refractivity contribution in [3.63, 3.8) is 0 Å². The number of aromatic nitrogens is 2. The first-order valence-corrected chi connectivity index (χ1v) is 11.9. The molecule has 176 valence electrons. The van der Waals surface area contributed by atoms with E-state index in [0.29, 0.717) is 18.1 Å². The van der Waals surface area contributed by atoms with Crippen molar-refractivity contribution in [2.75, 3.05) is 13.7 Å². The van der Waals surface area contributed by atoms with E-state index in [1.54, 1.807) is 7.11 Å². The van der Waals surface area contributed by atoms with Gasteiger partial charge >= 0.3 is 0 Å². The summed E-state index contributed by atoms with van der Waals surface area (Å²) >= 11 is 6.34. The Morgan fingerprint density at radius 1 is 1.03 bits per heavy atom. The lowest BCUT2D eigenvalue weighted by molar-refractivity contribution is 0.0737. The van der Waals surface area contributed by atoms with Crippen LogP contribution >= 0.6 is 11.6 Å². The van der Waals surface area contributed by atoms with E-state index in [1.165, 1.54) is 0 Å². The van der Waals surface area contributed by atoms with Crippen LogP contribution in [-0.2, 0) is 6.54 Å². The number of rotatable bonds is 7. The summed E-state index contributed by atoms with van der Waals surface area (Å²) in [6, 6.07) is 17.6. The Balaban J connectivity index is 1.81. The number of carbonyl (C=O) groups is 1. The highest BCUT2D eigenvalue weighted by Gasteiger charge is 2.23.